The molecule has 7 heteroatoms. The first-order valence-corrected chi connectivity index (χ1v) is 10.9. The van der Waals surface area contributed by atoms with Crippen molar-refractivity contribution in [1.82, 2.24) is 9.88 Å². The molecule has 0 saturated heterocycles. The number of carboxylic acid groups (broad SMARTS) is 1. The van der Waals surface area contributed by atoms with Crippen LogP contribution in [0.1, 0.15) is 56.1 Å². The summed E-state index contributed by atoms with van der Waals surface area (Å²) < 4.78 is 30.9. The van der Waals surface area contributed by atoms with Crippen molar-refractivity contribution in [3.05, 3.63) is 70.4 Å². The van der Waals surface area contributed by atoms with E-state index in [1.807, 2.05) is 13.0 Å². The zero-order valence-electron chi connectivity index (χ0n) is 19.1. The van der Waals surface area contributed by atoms with Crippen molar-refractivity contribution in [2.24, 2.45) is 5.41 Å². The van der Waals surface area contributed by atoms with E-state index in [-0.39, 0.29) is 28.3 Å². The van der Waals surface area contributed by atoms with Crippen molar-refractivity contribution >= 4 is 22.9 Å². The number of rotatable bonds is 4. The topological polar surface area (TPSA) is 76.6 Å². The smallest absolute Gasteiger partial charge is 0.328 e. The third-order valence-corrected chi connectivity index (χ3v) is 6.06. The second kappa shape index (κ2) is 8.30. The number of fused-ring (bicyclic) bond motifs is 3. The molecule has 3 aromatic rings. The molecule has 1 aliphatic heterocycles. The monoisotopic (exact) mass is 454 g/mol. The van der Waals surface area contributed by atoms with E-state index >= 15 is 8.78 Å². The van der Waals surface area contributed by atoms with Gasteiger partial charge in [0.1, 0.15) is 17.4 Å². The molecule has 0 radical (unpaired) electrons. The van der Waals surface area contributed by atoms with Crippen molar-refractivity contribution in [1.29, 1.82) is 0 Å². The van der Waals surface area contributed by atoms with Crippen LogP contribution in [0.15, 0.2) is 36.4 Å². The van der Waals surface area contributed by atoms with E-state index in [9.17, 15) is 9.90 Å². The minimum absolute atomic E-state index is 0.0364. The number of phenolic OH excluding ortho intramolecular Hbond substituents is 1. The summed E-state index contributed by atoms with van der Waals surface area (Å²) >= 11 is 0. The van der Waals surface area contributed by atoms with E-state index in [1.54, 1.807) is 12.1 Å². The lowest BCUT2D eigenvalue weighted by Gasteiger charge is -2.44. The number of aromatic hydroxyl groups is 1. The lowest BCUT2D eigenvalue weighted by Crippen LogP contribution is -2.46. The number of aromatic nitrogens is 1. The third kappa shape index (κ3) is 4.37. The van der Waals surface area contributed by atoms with Gasteiger partial charge in [0, 0.05) is 40.8 Å². The van der Waals surface area contributed by atoms with Gasteiger partial charge in [0.15, 0.2) is 0 Å². The molecule has 2 atom stereocenters. The van der Waals surface area contributed by atoms with Gasteiger partial charge in [-0.25, -0.2) is 13.6 Å². The Balaban J connectivity index is 1.94. The van der Waals surface area contributed by atoms with Gasteiger partial charge < -0.3 is 15.2 Å². The van der Waals surface area contributed by atoms with Gasteiger partial charge in [0.2, 0.25) is 0 Å². The summed E-state index contributed by atoms with van der Waals surface area (Å²) in [5.74, 6) is -2.55. The molecule has 0 amide bonds. The van der Waals surface area contributed by atoms with Crippen molar-refractivity contribution < 1.29 is 23.8 Å². The van der Waals surface area contributed by atoms with Crippen molar-refractivity contribution in [2.75, 3.05) is 6.54 Å². The standard InChI is InChI=1S/C26H28F2N2O3/c1-14-10-16-22-19(6-5-7-20(22)31)29-24(16)25(30(14)13-26(2,3)4)23-17(27)11-15(12-18(23)28)8-9-21(32)33/h5-9,11-12,14,25,29,31H,10,13H2,1-4H3,(H,32,33)/b9-8+. The maximum Gasteiger partial charge on any atom is 0.328 e. The molecule has 2 heterocycles. The van der Waals surface area contributed by atoms with Gasteiger partial charge in [-0.3, -0.25) is 4.90 Å². The van der Waals surface area contributed by atoms with E-state index in [0.29, 0.717) is 24.0 Å². The summed E-state index contributed by atoms with van der Waals surface area (Å²) in [6, 6.07) is 6.74. The van der Waals surface area contributed by atoms with E-state index in [0.717, 1.165) is 29.3 Å². The SMILES string of the molecule is CC1Cc2c([nH]c3cccc(O)c23)C(c2c(F)cc(/C=C/C(=O)O)cc2F)N1CC(C)(C)C. The first-order chi connectivity index (χ1) is 15.5. The van der Waals surface area contributed by atoms with Crippen LogP contribution in [0.5, 0.6) is 5.75 Å². The summed E-state index contributed by atoms with van der Waals surface area (Å²) in [4.78, 5) is 16.2. The second-order valence-corrected chi connectivity index (χ2v) is 9.98. The van der Waals surface area contributed by atoms with E-state index in [1.165, 1.54) is 6.08 Å². The Labute approximate surface area is 191 Å². The van der Waals surface area contributed by atoms with Crippen LogP contribution < -0.4 is 0 Å². The van der Waals surface area contributed by atoms with Crippen molar-refractivity contribution in [2.45, 2.75) is 46.2 Å². The van der Waals surface area contributed by atoms with Gasteiger partial charge in [0.05, 0.1) is 6.04 Å². The van der Waals surface area contributed by atoms with Crippen LogP contribution in [0.4, 0.5) is 8.78 Å². The molecule has 1 aliphatic rings. The van der Waals surface area contributed by atoms with Crippen LogP contribution in [-0.4, -0.2) is 38.7 Å². The Hall–Kier alpha value is -3.19. The normalized spacial score (nSPS) is 19.3. The molecule has 2 aromatic carbocycles. The average molecular weight is 455 g/mol. The predicted molar refractivity (Wildman–Crippen MR) is 124 cm³/mol. The number of aliphatic carboxylic acids is 1. The number of phenols is 1. The largest absolute Gasteiger partial charge is 0.507 e. The first-order valence-electron chi connectivity index (χ1n) is 10.9. The van der Waals surface area contributed by atoms with Gasteiger partial charge in [-0.05, 0) is 60.2 Å². The second-order valence-electron chi connectivity index (χ2n) is 9.98. The molecule has 4 rings (SSSR count). The fourth-order valence-corrected chi connectivity index (χ4v) is 4.83. The highest BCUT2D eigenvalue weighted by Crippen LogP contribution is 2.45. The minimum atomic E-state index is -1.19. The molecule has 2 unspecified atom stereocenters. The summed E-state index contributed by atoms with van der Waals surface area (Å²) in [5.41, 5.74) is 2.16. The maximum atomic E-state index is 15.5. The average Bonchev–Trinajstić information content (AvgIpc) is 3.06. The van der Waals surface area contributed by atoms with Gasteiger partial charge in [0.25, 0.3) is 0 Å². The minimum Gasteiger partial charge on any atom is -0.507 e. The number of nitrogens with one attached hydrogen (secondary N) is 1. The van der Waals surface area contributed by atoms with Crippen LogP contribution in [0.3, 0.4) is 0 Å². The van der Waals surface area contributed by atoms with Crippen molar-refractivity contribution in [3.8, 4) is 5.75 Å². The molecule has 174 valence electrons. The molecule has 3 N–H and O–H groups in total. The van der Waals surface area contributed by atoms with Crippen LogP contribution in [-0.2, 0) is 11.2 Å². The van der Waals surface area contributed by atoms with Gasteiger partial charge >= 0.3 is 5.97 Å². The number of halogens is 2. The van der Waals surface area contributed by atoms with Gasteiger partial charge in [-0.1, -0.05) is 26.8 Å². The maximum absolute atomic E-state index is 15.5. The highest BCUT2D eigenvalue weighted by Gasteiger charge is 2.40. The Morgan fingerprint density at radius 1 is 1.24 bits per heavy atom. The Morgan fingerprint density at radius 2 is 1.91 bits per heavy atom. The number of H-pyrrole nitrogens is 1. The van der Waals surface area contributed by atoms with E-state index in [4.69, 9.17) is 5.11 Å². The van der Waals surface area contributed by atoms with Gasteiger partial charge in [-0.15, -0.1) is 0 Å². The summed E-state index contributed by atoms with van der Waals surface area (Å²) in [5, 5.41) is 20.0. The van der Waals surface area contributed by atoms with Crippen LogP contribution >= 0.6 is 0 Å². The number of nitrogens with zero attached hydrogens (tertiary/aromatic N) is 1. The summed E-state index contributed by atoms with van der Waals surface area (Å²) in [6.07, 6.45) is 2.64. The molecule has 1 aromatic heterocycles. The van der Waals surface area contributed by atoms with E-state index in [2.05, 4.69) is 30.7 Å². The molecule has 0 bridgehead atoms. The number of aromatic amines is 1. The van der Waals surface area contributed by atoms with Crippen LogP contribution in [0.25, 0.3) is 17.0 Å². The number of carboxylic acids is 1. The molecule has 0 saturated carbocycles. The lowest BCUT2D eigenvalue weighted by atomic mass is 9.85. The highest BCUT2D eigenvalue weighted by atomic mass is 19.1. The number of hydrogen-bond donors (Lipinski definition) is 3. The molecular formula is C26H28F2N2O3. The number of benzene rings is 2. The number of hydrogen-bond acceptors (Lipinski definition) is 3. The van der Waals surface area contributed by atoms with Crippen LogP contribution in [0, 0.1) is 17.0 Å². The molecule has 0 aliphatic carbocycles. The summed E-state index contributed by atoms with van der Waals surface area (Å²) in [6.45, 7) is 8.86. The Kier molecular flexibility index (Phi) is 5.78. The fraction of sp³-hybridized carbons (Fsp3) is 0.346. The molecule has 0 fully saturated rings. The molecule has 5 nitrogen and oxygen atoms in total. The quantitative estimate of drug-likeness (QED) is 0.447. The Bertz CT molecular complexity index is 1230. The molecule has 0 spiro atoms. The highest BCUT2D eigenvalue weighted by molar-refractivity contribution is 5.91. The fourth-order valence-electron chi connectivity index (χ4n) is 4.83. The van der Waals surface area contributed by atoms with Crippen molar-refractivity contribution in [3.63, 3.8) is 0 Å². The predicted octanol–water partition coefficient (Wildman–Crippen LogP) is 5.63. The number of carbonyl (C=O) groups is 1. The zero-order chi connectivity index (χ0) is 24.1. The first kappa shape index (κ1) is 23.0. The summed E-state index contributed by atoms with van der Waals surface area (Å²) in [7, 11) is 0. The third-order valence-electron chi connectivity index (χ3n) is 6.06. The lowest BCUT2D eigenvalue weighted by molar-refractivity contribution is -0.131. The van der Waals surface area contributed by atoms with Crippen LogP contribution in [0.2, 0.25) is 0 Å². The Morgan fingerprint density at radius 3 is 2.52 bits per heavy atom. The molecular weight excluding hydrogens is 426 g/mol. The van der Waals surface area contributed by atoms with E-state index < -0.39 is 23.6 Å². The molecule has 33 heavy (non-hydrogen) atoms. The van der Waals surface area contributed by atoms with Gasteiger partial charge in [-0.2, -0.15) is 0 Å². The zero-order valence-corrected chi connectivity index (χ0v) is 19.1.